The number of amides is 2. The Morgan fingerprint density at radius 3 is 2.68 bits per heavy atom. The summed E-state index contributed by atoms with van der Waals surface area (Å²) in [5, 5.41) is 3.57. The maximum absolute atomic E-state index is 13.1. The van der Waals surface area contributed by atoms with Crippen molar-refractivity contribution in [3.05, 3.63) is 18.2 Å². The van der Waals surface area contributed by atoms with E-state index in [9.17, 15) is 9.36 Å². The third kappa shape index (κ3) is 2.54. The van der Waals surface area contributed by atoms with Gasteiger partial charge in [-0.1, -0.05) is 6.92 Å². The minimum Gasteiger partial charge on any atom is -0.307 e. The molecule has 0 radical (unpaired) electrons. The van der Waals surface area contributed by atoms with Crippen LogP contribution >= 0.6 is 19.1 Å². The molecule has 0 spiro atoms. The van der Waals surface area contributed by atoms with Crippen molar-refractivity contribution in [2.24, 2.45) is 0 Å². The third-order valence-electron chi connectivity index (χ3n) is 3.08. The zero-order valence-corrected chi connectivity index (χ0v) is 13.3. The molecule has 2 rings (SSSR count). The fourth-order valence-electron chi connectivity index (χ4n) is 2.35. The highest BCUT2D eigenvalue weighted by molar-refractivity contribution is 7.99. The molecule has 1 atom stereocenters. The summed E-state index contributed by atoms with van der Waals surface area (Å²) in [7, 11) is -2.84. The third-order valence-corrected chi connectivity index (χ3v) is 6.68. The van der Waals surface area contributed by atoms with E-state index in [2.05, 4.69) is 12.2 Å². The minimum absolute atomic E-state index is 0.0912. The number of benzene rings is 1. The van der Waals surface area contributed by atoms with Crippen LogP contribution in [-0.4, -0.2) is 29.2 Å². The highest BCUT2D eigenvalue weighted by Crippen LogP contribution is 2.51. The molecule has 0 fully saturated rings. The van der Waals surface area contributed by atoms with Gasteiger partial charge in [-0.25, -0.2) is 4.79 Å². The number of anilines is 1. The Labute approximate surface area is 118 Å². The highest BCUT2D eigenvalue weighted by atomic mass is 32.2. The lowest BCUT2D eigenvalue weighted by atomic mass is 10.3. The zero-order chi connectivity index (χ0) is 14.2. The van der Waals surface area contributed by atoms with E-state index in [-0.39, 0.29) is 12.1 Å². The molecular weight excluding hydrogens is 279 g/mol. The molecule has 1 aromatic carbocycles. The number of nitrogens with one attached hydrogen (secondary N) is 1. The number of rotatable bonds is 3. The second-order valence-electron chi connectivity index (χ2n) is 4.86. The van der Waals surface area contributed by atoms with E-state index in [1.54, 1.807) is 18.4 Å². The van der Waals surface area contributed by atoms with Gasteiger partial charge in [0.05, 0.1) is 11.0 Å². The molecule has 19 heavy (non-hydrogen) atoms. The standard InChI is InChI=1S/C13H19N2O2PS/c1-5-19-10-6-7-11-12(8-10)18(4,17)15(9(2)3)13(16)14-11/h6-9H,5H2,1-4H3,(H,14,16). The number of nitrogens with zero attached hydrogens (tertiary/aromatic N) is 1. The Morgan fingerprint density at radius 1 is 1.42 bits per heavy atom. The van der Waals surface area contributed by atoms with E-state index in [0.717, 1.165) is 16.0 Å². The molecule has 0 bridgehead atoms. The fraction of sp³-hybridized carbons (Fsp3) is 0.462. The monoisotopic (exact) mass is 298 g/mol. The Morgan fingerprint density at radius 2 is 2.11 bits per heavy atom. The smallest absolute Gasteiger partial charge is 0.307 e. The summed E-state index contributed by atoms with van der Waals surface area (Å²) in [5.74, 6) is 0.965. The average Bonchev–Trinajstić information content (AvgIpc) is 2.29. The van der Waals surface area contributed by atoms with Crippen LogP contribution in [0.25, 0.3) is 0 Å². The topological polar surface area (TPSA) is 49.4 Å². The molecule has 6 heteroatoms. The summed E-state index contributed by atoms with van der Waals surface area (Å²) in [4.78, 5) is 13.1. The van der Waals surface area contributed by atoms with Gasteiger partial charge in [0.25, 0.3) is 0 Å². The van der Waals surface area contributed by atoms with E-state index in [1.165, 1.54) is 4.67 Å². The average molecular weight is 298 g/mol. The molecule has 0 saturated heterocycles. The van der Waals surface area contributed by atoms with Crippen LogP contribution in [0.5, 0.6) is 0 Å². The van der Waals surface area contributed by atoms with Gasteiger partial charge in [-0.15, -0.1) is 11.8 Å². The van der Waals surface area contributed by atoms with Crippen molar-refractivity contribution in [2.45, 2.75) is 31.7 Å². The number of thioether (sulfide) groups is 1. The van der Waals surface area contributed by atoms with Crippen LogP contribution in [0.4, 0.5) is 10.5 Å². The normalized spacial score (nSPS) is 22.4. The minimum atomic E-state index is -2.84. The van der Waals surface area contributed by atoms with Crippen LogP contribution in [0.3, 0.4) is 0 Å². The van der Waals surface area contributed by atoms with Crippen molar-refractivity contribution >= 4 is 36.1 Å². The Kier molecular flexibility index (Phi) is 3.98. The number of carbonyl (C=O) groups is 1. The number of fused-ring (bicyclic) bond motifs is 1. The highest BCUT2D eigenvalue weighted by Gasteiger charge is 2.39. The summed E-state index contributed by atoms with van der Waals surface area (Å²) in [6.07, 6.45) is 0. The van der Waals surface area contributed by atoms with E-state index >= 15 is 0 Å². The lowest BCUT2D eigenvalue weighted by Gasteiger charge is -2.37. The first-order chi connectivity index (χ1) is 8.87. The zero-order valence-electron chi connectivity index (χ0n) is 11.6. The van der Waals surface area contributed by atoms with Gasteiger partial charge in [-0.2, -0.15) is 0 Å². The Balaban J connectivity index is 2.54. The second-order valence-corrected chi connectivity index (χ2v) is 8.87. The lowest BCUT2D eigenvalue weighted by molar-refractivity contribution is 0.229. The van der Waals surface area contributed by atoms with Gasteiger partial charge < -0.3 is 5.32 Å². The molecule has 104 valence electrons. The molecule has 0 aliphatic carbocycles. The number of hydrogen-bond donors (Lipinski definition) is 1. The van der Waals surface area contributed by atoms with Crippen LogP contribution in [0.1, 0.15) is 20.8 Å². The second kappa shape index (κ2) is 5.22. The molecule has 1 heterocycles. The molecule has 0 aromatic heterocycles. The quantitative estimate of drug-likeness (QED) is 0.685. The molecule has 1 aliphatic rings. The molecule has 4 nitrogen and oxygen atoms in total. The Hall–Kier alpha value is -0.930. The number of hydrogen-bond acceptors (Lipinski definition) is 3. The largest absolute Gasteiger partial charge is 0.327 e. The van der Waals surface area contributed by atoms with Crippen molar-refractivity contribution in [3.8, 4) is 0 Å². The maximum Gasteiger partial charge on any atom is 0.327 e. The molecule has 1 N–H and O–H groups in total. The van der Waals surface area contributed by atoms with Gasteiger partial charge in [0, 0.05) is 17.6 Å². The van der Waals surface area contributed by atoms with E-state index in [4.69, 9.17) is 0 Å². The van der Waals surface area contributed by atoms with Gasteiger partial charge in [-0.05, 0) is 37.8 Å². The first-order valence-corrected chi connectivity index (χ1v) is 9.42. The van der Waals surface area contributed by atoms with Gasteiger partial charge in [0.1, 0.15) is 0 Å². The molecule has 0 saturated carbocycles. The molecule has 1 aliphatic heterocycles. The first-order valence-electron chi connectivity index (χ1n) is 6.33. The molecule has 1 aromatic rings. The SMILES string of the molecule is CCSc1ccc2c(c1)P(C)(=O)N(C(C)C)C(=O)N2. The number of carbonyl (C=O) groups excluding carboxylic acids is 1. The molecule has 1 unspecified atom stereocenters. The summed E-state index contributed by atoms with van der Waals surface area (Å²) in [6.45, 7) is 7.51. The van der Waals surface area contributed by atoms with Crippen molar-refractivity contribution in [2.75, 3.05) is 17.7 Å². The maximum atomic E-state index is 13.1. The van der Waals surface area contributed by atoms with Crippen molar-refractivity contribution in [3.63, 3.8) is 0 Å². The lowest BCUT2D eigenvalue weighted by Crippen LogP contribution is -2.44. The van der Waals surface area contributed by atoms with Gasteiger partial charge in [0.2, 0.25) is 7.29 Å². The van der Waals surface area contributed by atoms with Crippen LogP contribution in [0.15, 0.2) is 23.1 Å². The van der Waals surface area contributed by atoms with Crippen molar-refractivity contribution in [1.29, 1.82) is 0 Å². The van der Waals surface area contributed by atoms with Crippen LogP contribution in [0.2, 0.25) is 0 Å². The van der Waals surface area contributed by atoms with Gasteiger partial charge in [-0.3, -0.25) is 9.24 Å². The summed E-state index contributed by atoms with van der Waals surface area (Å²) in [6, 6.07) is 5.38. The summed E-state index contributed by atoms with van der Waals surface area (Å²) >= 11 is 1.71. The van der Waals surface area contributed by atoms with Crippen molar-refractivity contribution < 1.29 is 9.36 Å². The predicted molar refractivity (Wildman–Crippen MR) is 82.0 cm³/mol. The van der Waals surface area contributed by atoms with Gasteiger partial charge in [0.15, 0.2) is 0 Å². The van der Waals surface area contributed by atoms with Gasteiger partial charge >= 0.3 is 6.03 Å². The van der Waals surface area contributed by atoms with E-state index in [1.807, 2.05) is 32.0 Å². The summed E-state index contributed by atoms with van der Waals surface area (Å²) in [5.41, 5.74) is 0.674. The molecule has 2 amide bonds. The Bertz CT molecular complexity index is 560. The van der Waals surface area contributed by atoms with Crippen LogP contribution in [-0.2, 0) is 4.57 Å². The van der Waals surface area contributed by atoms with E-state index in [0.29, 0.717) is 5.69 Å². The first kappa shape index (κ1) is 14.5. The van der Waals surface area contributed by atoms with Crippen LogP contribution in [0, 0.1) is 0 Å². The summed E-state index contributed by atoms with van der Waals surface area (Å²) < 4.78 is 14.5. The fourth-order valence-corrected chi connectivity index (χ4v) is 5.61. The van der Waals surface area contributed by atoms with E-state index < -0.39 is 7.29 Å². The van der Waals surface area contributed by atoms with Crippen LogP contribution < -0.4 is 10.6 Å². The predicted octanol–water partition coefficient (Wildman–Crippen LogP) is 3.59. The molecular formula is C13H19N2O2PS. The van der Waals surface area contributed by atoms with Crippen molar-refractivity contribution in [1.82, 2.24) is 4.67 Å². The number of urea groups is 1.